The van der Waals surface area contributed by atoms with Crippen LogP contribution in [0, 0.1) is 0 Å². The molecule has 1 saturated heterocycles. The Morgan fingerprint density at radius 1 is 1.16 bits per heavy atom. The summed E-state index contributed by atoms with van der Waals surface area (Å²) in [5, 5.41) is 23.8. The molecular formula is C22H29Cl2N3O4S. The normalized spacial score (nSPS) is 15.2. The van der Waals surface area contributed by atoms with Crippen LogP contribution < -0.4 is 10.2 Å². The SMILES string of the molecule is Cl.Cl.O=c1[nH]c2c(O)ccc(C(O)CNCCc3cccc(CN4CCOCC4)c3)c2s1. The van der Waals surface area contributed by atoms with Crippen LogP contribution in [0.15, 0.2) is 41.2 Å². The fourth-order valence-electron chi connectivity index (χ4n) is 3.78. The van der Waals surface area contributed by atoms with E-state index in [0.717, 1.165) is 57.2 Å². The molecule has 0 amide bonds. The summed E-state index contributed by atoms with van der Waals surface area (Å²) in [5.41, 5.74) is 3.60. The Hall–Kier alpha value is -1.65. The fraction of sp³-hybridized carbons (Fsp3) is 0.409. The molecule has 176 valence electrons. The first-order valence-electron chi connectivity index (χ1n) is 10.2. The smallest absolute Gasteiger partial charge is 0.305 e. The lowest BCUT2D eigenvalue weighted by Gasteiger charge is -2.26. The van der Waals surface area contributed by atoms with Gasteiger partial charge in [-0.25, -0.2) is 0 Å². The number of nitrogens with zero attached hydrogens (tertiary/aromatic N) is 1. The fourth-order valence-corrected chi connectivity index (χ4v) is 4.70. The number of thiazole rings is 1. The summed E-state index contributed by atoms with van der Waals surface area (Å²) in [6.07, 6.45) is 0.110. The molecule has 2 aromatic carbocycles. The first kappa shape index (κ1) is 26.6. The molecule has 1 aliphatic heterocycles. The van der Waals surface area contributed by atoms with Crippen molar-refractivity contribution in [1.82, 2.24) is 15.2 Å². The van der Waals surface area contributed by atoms with Gasteiger partial charge in [0.05, 0.1) is 24.0 Å². The van der Waals surface area contributed by atoms with Gasteiger partial charge in [-0.15, -0.1) is 24.8 Å². The molecule has 7 nitrogen and oxygen atoms in total. The van der Waals surface area contributed by atoms with Crippen LogP contribution in [0.5, 0.6) is 5.75 Å². The van der Waals surface area contributed by atoms with E-state index < -0.39 is 6.10 Å². The van der Waals surface area contributed by atoms with Crippen molar-refractivity contribution in [2.45, 2.75) is 19.1 Å². The molecule has 0 aliphatic carbocycles. The molecule has 1 aromatic heterocycles. The highest BCUT2D eigenvalue weighted by Gasteiger charge is 2.16. The molecule has 1 aliphatic rings. The van der Waals surface area contributed by atoms with Crippen molar-refractivity contribution in [2.75, 3.05) is 39.4 Å². The monoisotopic (exact) mass is 501 g/mol. The average molecular weight is 502 g/mol. The lowest BCUT2D eigenvalue weighted by atomic mass is 10.1. The third-order valence-electron chi connectivity index (χ3n) is 5.38. The van der Waals surface area contributed by atoms with Gasteiger partial charge in [0.15, 0.2) is 0 Å². The number of aromatic nitrogens is 1. The van der Waals surface area contributed by atoms with Crippen LogP contribution in [0.4, 0.5) is 0 Å². The van der Waals surface area contributed by atoms with Gasteiger partial charge in [-0.05, 0) is 30.2 Å². The van der Waals surface area contributed by atoms with Crippen molar-refractivity contribution < 1.29 is 14.9 Å². The minimum atomic E-state index is -0.757. The van der Waals surface area contributed by atoms with Crippen molar-refractivity contribution in [2.24, 2.45) is 0 Å². The topological polar surface area (TPSA) is 97.8 Å². The number of benzene rings is 2. The van der Waals surface area contributed by atoms with Crippen molar-refractivity contribution in [1.29, 1.82) is 0 Å². The van der Waals surface area contributed by atoms with Crippen molar-refractivity contribution in [3.8, 4) is 5.75 Å². The maximum atomic E-state index is 11.6. The quantitative estimate of drug-likeness (QED) is 0.354. The second-order valence-corrected chi connectivity index (χ2v) is 8.55. The Bertz CT molecular complexity index is 1050. The predicted molar refractivity (Wildman–Crippen MR) is 133 cm³/mol. The molecule has 4 rings (SSSR count). The van der Waals surface area contributed by atoms with Gasteiger partial charge in [0.2, 0.25) is 0 Å². The lowest BCUT2D eigenvalue weighted by Crippen LogP contribution is -2.35. The number of halogens is 2. The lowest BCUT2D eigenvalue weighted by molar-refractivity contribution is 0.0342. The number of phenols is 1. The Morgan fingerprint density at radius 2 is 1.91 bits per heavy atom. The van der Waals surface area contributed by atoms with Crippen LogP contribution in [0.3, 0.4) is 0 Å². The number of aliphatic hydroxyl groups excluding tert-OH is 1. The largest absolute Gasteiger partial charge is 0.506 e. The second-order valence-electron chi connectivity index (χ2n) is 7.57. The minimum Gasteiger partial charge on any atom is -0.506 e. The maximum absolute atomic E-state index is 11.6. The number of H-pyrrole nitrogens is 1. The van der Waals surface area contributed by atoms with E-state index in [1.54, 1.807) is 6.07 Å². The van der Waals surface area contributed by atoms with E-state index in [4.69, 9.17) is 4.74 Å². The summed E-state index contributed by atoms with van der Waals surface area (Å²) in [6.45, 7) is 5.62. The third kappa shape index (κ3) is 6.68. The van der Waals surface area contributed by atoms with E-state index in [9.17, 15) is 15.0 Å². The molecule has 3 aromatic rings. The van der Waals surface area contributed by atoms with Crippen LogP contribution in [0.25, 0.3) is 10.2 Å². The van der Waals surface area contributed by atoms with E-state index in [1.807, 2.05) is 0 Å². The number of aromatic amines is 1. The Morgan fingerprint density at radius 3 is 2.69 bits per heavy atom. The van der Waals surface area contributed by atoms with E-state index in [-0.39, 0.29) is 35.4 Å². The standard InChI is InChI=1S/C22H27N3O4S.2ClH/c26-18-5-4-17(21-20(18)24-22(28)30-21)19(27)13-23-7-6-15-2-1-3-16(12-15)14-25-8-10-29-11-9-25;;/h1-5,12,19,23,26-27H,6-11,13-14H2,(H,24,28);2*1H. The van der Waals surface area contributed by atoms with E-state index in [0.29, 0.717) is 22.3 Å². The van der Waals surface area contributed by atoms with E-state index in [1.165, 1.54) is 17.2 Å². The number of ether oxygens (including phenoxy) is 1. The number of hydrogen-bond acceptors (Lipinski definition) is 7. The van der Waals surface area contributed by atoms with E-state index >= 15 is 0 Å². The summed E-state index contributed by atoms with van der Waals surface area (Å²) < 4.78 is 6.01. The first-order chi connectivity index (χ1) is 14.6. The van der Waals surface area contributed by atoms with E-state index in [2.05, 4.69) is 39.5 Å². The Balaban J connectivity index is 0.00000181. The molecule has 4 N–H and O–H groups in total. The highest BCUT2D eigenvalue weighted by molar-refractivity contribution is 7.16. The number of nitrogens with one attached hydrogen (secondary N) is 2. The molecule has 0 saturated carbocycles. The van der Waals surface area contributed by atoms with Gasteiger partial charge in [0.1, 0.15) is 11.3 Å². The maximum Gasteiger partial charge on any atom is 0.305 e. The van der Waals surface area contributed by atoms with Crippen molar-refractivity contribution >= 4 is 46.4 Å². The summed E-state index contributed by atoms with van der Waals surface area (Å²) in [5.74, 6) is 0.0178. The zero-order valence-corrected chi connectivity index (χ0v) is 20.0. The summed E-state index contributed by atoms with van der Waals surface area (Å²) in [7, 11) is 0. The van der Waals surface area contributed by atoms with Gasteiger partial charge in [-0.3, -0.25) is 9.69 Å². The zero-order valence-electron chi connectivity index (χ0n) is 17.6. The molecule has 2 heterocycles. The van der Waals surface area contributed by atoms with Gasteiger partial charge in [-0.1, -0.05) is 41.7 Å². The molecule has 10 heteroatoms. The summed E-state index contributed by atoms with van der Waals surface area (Å²) in [4.78, 5) is 16.4. The molecule has 1 atom stereocenters. The van der Waals surface area contributed by atoms with Gasteiger partial charge in [0, 0.05) is 31.7 Å². The van der Waals surface area contributed by atoms with Crippen molar-refractivity contribution in [3.63, 3.8) is 0 Å². The first-order valence-corrected chi connectivity index (χ1v) is 11.0. The number of fused-ring (bicyclic) bond motifs is 1. The zero-order chi connectivity index (χ0) is 20.9. The summed E-state index contributed by atoms with van der Waals surface area (Å²) >= 11 is 1.00. The molecule has 1 fully saturated rings. The Labute approximate surface area is 203 Å². The molecular weight excluding hydrogens is 473 g/mol. The number of aliphatic hydroxyl groups is 1. The van der Waals surface area contributed by atoms with Crippen LogP contribution in [-0.2, 0) is 17.7 Å². The van der Waals surface area contributed by atoms with Crippen LogP contribution in [-0.4, -0.2) is 59.5 Å². The number of phenolic OH excluding ortho intramolecular Hbond substituents is 1. The molecule has 0 bridgehead atoms. The number of hydrogen-bond donors (Lipinski definition) is 4. The van der Waals surface area contributed by atoms with Crippen LogP contribution in [0.2, 0.25) is 0 Å². The highest BCUT2D eigenvalue weighted by atomic mass is 35.5. The summed E-state index contributed by atoms with van der Waals surface area (Å²) in [6, 6.07) is 11.8. The number of morpholine rings is 1. The van der Waals surface area contributed by atoms with Crippen molar-refractivity contribution in [3.05, 3.63) is 62.8 Å². The average Bonchev–Trinajstić information content (AvgIpc) is 3.15. The van der Waals surface area contributed by atoms with Gasteiger partial charge in [0.25, 0.3) is 0 Å². The molecule has 0 radical (unpaired) electrons. The molecule has 32 heavy (non-hydrogen) atoms. The van der Waals surface area contributed by atoms with Gasteiger partial charge in [-0.2, -0.15) is 0 Å². The Kier molecular flexibility index (Phi) is 10.4. The van der Waals surface area contributed by atoms with Gasteiger partial charge < -0.3 is 25.3 Å². The molecule has 0 spiro atoms. The van der Waals surface area contributed by atoms with Crippen LogP contribution in [0.1, 0.15) is 22.8 Å². The third-order valence-corrected chi connectivity index (χ3v) is 6.31. The van der Waals surface area contributed by atoms with Gasteiger partial charge >= 0.3 is 4.87 Å². The minimum absolute atomic E-state index is 0. The molecule has 1 unspecified atom stereocenters. The second kappa shape index (κ2) is 12.6. The van der Waals surface area contributed by atoms with Crippen LogP contribution >= 0.6 is 36.2 Å². The predicted octanol–water partition coefficient (Wildman–Crippen LogP) is 2.84. The number of aromatic hydroxyl groups is 1. The number of rotatable bonds is 8. The highest BCUT2D eigenvalue weighted by Crippen LogP contribution is 2.31.